The fraction of sp³-hybridized carbons (Fsp3) is 0.778. The van der Waals surface area contributed by atoms with Gasteiger partial charge in [0, 0.05) is 0 Å². The van der Waals surface area contributed by atoms with E-state index in [1.54, 1.807) is 24.3 Å². The van der Waals surface area contributed by atoms with Gasteiger partial charge in [-0.15, -0.1) is 0 Å². The van der Waals surface area contributed by atoms with Gasteiger partial charge in [-0.25, -0.2) is 9.59 Å². The molecule has 0 aliphatic heterocycles. The fourth-order valence-electron chi connectivity index (χ4n) is 5.21. The SMILES string of the molecule is CCCCCN(CCCCC)CCCCOC(=O)c1ccccc1C(=O)OCCCCN(CCCCC)CCCCC. The van der Waals surface area contributed by atoms with E-state index in [9.17, 15) is 9.59 Å². The normalized spacial score (nSPS) is 11.4. The van der Waals surface area contributed by atoms with Crippen LogP contribution in [0.3, 0.4) is 0 Å². The summed E-state index contributed by atoms with van der Waals surface area (Å²) in [6.45, 7) is 16.4. The van der Waals surface area contributed by atoms with Gasteiger partial charge in [0.25, 0.3) is 0 Å². The van der Waals surface area contributed by atoms with E-state index < -0.39 is 11.9 Å². The van der Waals surface area contributed by atoms with Gasteiger partial charge in [-0.05, 0) is 103 Å². The molecular formula is C36H64N2O4. The van der Waals surface area contributed by atoms with Crippen molar-refractivity contribution in [2.75, 3.05) is 52.5 Å². The van der Waals surface area contributed by atoms with Crippen molar-refractivity contribution < 1.29 is 19.1 Å². The molecule has 0 aromatic heterocycles. The van der Waals surface area contributed by atoms with Crippen LogP contribution < -0.4 is 0 Å². The summed E-state index contributed by atoms with van der Waals surface area (Å²) in [5, 5.41) is 0. The number of rotatable bonds is 28. The lowest BCUT2D eigenvalue weighted by Crippen LogP contribution is -2.27. The predicted octanol–water partition coefficient (Wildman–Crippen LogP) is 8.93. The Morgan fingerprint density at radius 3 is 1.05 bits per heavy atom. The number of nitrogens with zero attached hydrogens (tertiary/aromatic N) is 2. The molecule has 0 aliphatic rings. The first-order chi connectivity index (χ1) is 20.6. The maximum absolute atomic E-state index is 12.8. The smallest absolute Gasteiger partial charge is 0.339 e. The third kappa shape index (κ3) is 18.6. The van der Waals surface area contributed by atoms with Crippen molar-refractivity contribution in [2.45, 2.75) is 130 Å². The molecule has 0 saturated heterocycles. The monoisotopic (exact) mass is 588 g/mol. The Bertz CT molecular complexity index is 715. The van der Waals surface area contributed by atoms with Gasteiger partial charge < -0.3 is 19.3 Å². The molecule has 0 unspecified atom stereocenters. The van der Waals surface area contributed by atoms with Crippen LogP contribution in [-0.4, -0.2) is 74.2 Å². The van der Waals surface area contributed by atoms with Crippen molar-refractivity contribution in [3.8, 4) is 0 Å². The molecule has 0 saturated carbocycles. The van der Waals surface area contributed by atoms with Gasteiger partial charge in [-0.1, -0.05) is 91.2 Å². The first-order valence-corrected chi connectivity index (χ1v) is 17.4. The number of unbranched alkanes of at least 4 members (excludes halogenated alkanes) is 10. The van der Waals surface area contributed by atoms with Crippen molar-refractivity contribution in [1.82, 2.24) is 9.80 Å². The van der Waals surface area contributed by atoms with E-state index in [0.717, 1.165) is 65.0 Å². The maximum Gasteiger partial charge on any atom is 0.339 e. The quantitative estimate of drug-likeness (QED) is 0.0719. The number of esters is 2. The second kappa shape index (κ2) is 26.7. The summed E-state index contributed by atoms with van der Waals surface area (Å²) in [4.78, 5) is 30.8. The van der Waals surface area contributed by atoms with Gasteiger partial charge >= 0.3 is 11.9 Å². The van der Waals surface area contributed by atoms with Crippen LogP contribution in [0.2, 0.25) is 0 Å². The lowest BCUT2D eigenvalue weighted by atomic mass is 10.1. The minimum Gasteiger partial charge on any atom is -0.462 e. The highest BCUT2D eigenvalue weighted by Crippen LogP contribution is 2.14. The molecule has 0 bridgehead atoms. The van der Waals surface area contributed by atoms with Gasteiger partial charge in [0.1, 0.15) is 0 Å². The second-order valence-electron chi connectivity index (χ2n) is 11.7. The Hall–Kier alpha value is -1.92. The van der Waals surface area contributed by atoms with Crippen LogP contribution in [-0.2, 0) is 9.47 Å². The Morgan fingerprint density at radius 2 is 0.762 bits per heavy atom. The van der Waals surface area contributed by atoms with Crippen molar-refractivity contribution in [1.29, 1.82) is 0 Å². The van der Waals surface area contributed by atoms with Gasteiger partial charge in [-0.3, -0.25) is 0 Å². The van der Waals surface area contributed by atoms with E-state index in [4.69, 9.17) is 9.47 Å². The highest BCUT2D eigenvalue weighted by atomic mass is 16.5. The number of ether oxygens (including phenoxy) is 2. The standard InChI is InChI=1S/C36H64N2O4/c1-5-9-15-25-37(26-16-10-6-2)29-19-21-31-41-35(39)33-23-13-14-24-34(33)36(40)42-32-22-20-30-38(27-17-11-7-3)28-18-12-8-4/h13-14,23-24H,5-12,15-22,25-32H2,1-4H3. The molecular weight excluding hydrogens is 524 g/mol. The van der Waals surface area contributed by atoms with Crippen LogP contribution in [0.4, 0.5) is 0 Å². The zero-order chi connectivity index (χ0) is 30.7. The highest BCUT2D eigenvalue weighted by Gasteiger charge is 2.19. The summed E-state index contributed by atoms with van der Waals surface area (Å²) in [5.74, 6) is -0.889. The Morgan fingerprint density at radius 1 is 0.476 bits per heavy atom. The molecule has 0 spiro atoms. The van der Waals surface area contributed by atoms with Gasteiger partial charge in [-0.2, -0.15) is 0 Å². The van der Waals surface area contributed by atoms with E-state index in [1.807, 2.05) is 0 Å². The second-order valence-corrected chi connectivity index (χ2v) is 11.7. The largest absolute Gasteiger partial charge is 0.462 e. The average molecular weight is 589 g/mol. The lowest BCUT2D eigenvalue weighted by Gasteiger charge is -2.22. The zero-order valence-electron chi connectivity index (χ0n) is 27.8. The van der Waals surface area contributed by atoms with E-state index in [1.165, 1.54) is 77.0 Å². The summed E-state index contributed by atoms with van der Waals surface area (Å²) < 4.78 is 11.2. The maximum atomic E-state index is 12.8. The van der Waals surface area contributed by atoms with E-state index >= 15 is 0 Å². The van der Waals surface area contributed by atoms with Crippen molar-refractivity contribution in [3.05, 3.63) is 35.4 Å². The molecule has 0 aliphatic carbocycles. The molecule has 0 N–H and O–H groups in total. The first-order valence-electron chi connectivity index (χ1n) is 17.4. The third-order valence-corrected chi connectivity index (χ3v) is 7.88. The minimum absolute atomic E-state index is 0.293. The van der Waals surface area contributed by atoms with Crippen LogP contribution in [0.15, 0.2) is 24.3 Å². The molecule has 6 nitrogen and oxygen atoms in total. The lowest BCUT2D eigenvalue weighted by molar-refractivity contribution is 0.0448. The number of carbonyl (C=O) groups excluding carboxylic acids is 2. The molecule has 0 amide bonds. The van der Waals surface area contributed by atoms with Crippen LogP contribution in [0, 0.1) is 0 Å². The Labute approximate surface area is 258 Å². The van der Waals surface area contributed by atoms with Crippen LogP contribution in [0.25, 0.3) is 0 Å². The van der Waals surface area contributed by atoms with Gasteiger partial charge in [0.15, 0.2) is 0 Å². The van der Waals surface area contributed by atoms with E-state index in [2.05, 4.69) is 37.5 Å². The Balaban J connectivity index is 2.43. The minimum atomic E-state index is -0.444. The van der Waals surface area contributed by atoms with Gasteiger partial charge in [0.2, 0.25) is 0 Å². The number of carbonyl (C=O) groups is 2. The number of hydrogen-bond acceptors (Lipinski definition) is 6. The first kappa shape index (κ1) is 38.1. The van der Waals surface area contributed by atoms with Crippen LogP contribution in [0.5, 0.6) is 0 Å². The average Bonchev–Trinajstić information content (AvgIpc) is 3.00. The molecule has 0 heterocycles. The summed E-state index contributed by atoms with van der Waals surface area (Å²) >= 11 is 0. The van der Waals surface area contributed by atoms with Crippen molar-refractivity contribution in [2.24, 2.45) is 0 Å². The van der Waals surface area contributed by atoms with E-state index in [-0.39, 0.29) is 0 Å². The Kier molecular flexibility index (Phi) is 24.2. The molecule has 1 rings (SSSR count). The zero-order valence-corrected chi connectivity index (χ0v) is 27.8. The van der Waals surface area contributed by atoms with Gasteiger partial charge in [0.05, 0.1) is 24.3 Å². The topological polar surface area (TPSA) is 59.1 Å². The van der Waals surface area contributed by atoms with Crippen molar-refractivity contribution >= 4 is 11.9 Å². The molecule has 0 radical (unpaired) electrons. The molecule has 0 fully saturated rings. The highest BCUT2D eigenvalue weighted by molar-refractivity contribution is 6.03. The van der Waals surface area contributed by atoms with E-state index in [0.29, 0.717) is 24.3 Å². The molecule has 1 aromatic rings. The molecule has 42 heavy (non-hydrogen) atoms. The summed E-state index contributed by atoms with van der Waals surface area (Å²) in [7, 11) is 0. The summed E-state index contributed by atoms with van der Waals surface area (Å²) in [5.41, 5.74) is 0.586. The molecule has 6 heteroatoms. The fourth-order valence-corrected chi connectivity index (χ4v) is 5.21. The summed E-state index contributed by atoms with van der Waals surface area (Å²) in [6.07, 6.45) is 18.7. The molecule has 242 valence electrons. The van der Waals surface area contributed by atoms with Crippen molar-refractivity contribution in [3.63, 3.8) is 0 Å². The molecule has 1 aromatic carbocycles. The number of benzene rings is 1. The molecule has 0 atom stereocenters. The summed E-state index contributed by atoms with van der Waals surface area (Å²) in [6, 6.07) is 6.85. The third-order valence-electron chi connectivity index (χ3n) is 7.88. The van der Waals surface area contributed by atoms with Crippen LogP contribution >= 0.6 is 0 Å². The predicted molar refractivity (Wildman–Crippen MR) is 176 cm³/mol. The van der Waals surface area contributed by atoms with Crippen LogP contribution in [0.1, 0.15) is 151 Å². The number of hydrogen-bond donors (Lipinski definition) is 0.